The lowest BCUT2D eigenvalue weighted by molar-refractivity contribution is -0.141. The van der Waals surface area contributed by atoms with Crippen LogP contribution in [0.15, 0.2) is 70.6 Å². The zero-order valence-electron chi connectivity index (χ0n) is 23.2. The lowest BCUT2D eigenvalue weighted by Crippen LogP contribution is -2.49. The van der Waals surface area contributed by atoms with Gasteiger partial charge in [0, 0.05) is 12.5 Å². The number of fused-ring (bicyclic) bond motifs is 3. The number of carbonyl (C=O) groups is 2. The summed E-state index contributed by atoms with van der Waals surface area (Å²) in [4.78, 5) is 29.9. The Morgan fingerprint density at radius 1 is 0.976 bits per heavy atom. The van der Waals surface area contributed by atoms with Gasteiger partial charge in [-0.3, -0.25) is 4.99 Å². The number of aliphatic carboxylic acids is 1. The summed E-state index contributed by atoms with van der Waals surface area (Å²) in [7, 11) is -4.65. The van der Waals surface area contributed by atoms with Crippen LogP contribution >= 0.6 is 0 Å². The molecule has 1 aliphatic rings. The molecule has 0 fully saturated rings. The van der Waals surface area contributed by atoms with Gasteiger partial charge in [0.25, 0.3) is 10.0 Å². The highest BCUT2D eigenvalue weighted by Gasteiger charge is 2.42. The first kappa shape index (κ1) is 29.6. The molecule has 0 heterocycles. The molecule has 0 saturated carbocycles. The van der Waals surface area contributed by atoms with Crippen molar-refractivity contribution >= 4 is 28.0 Å². The van der Waals surface area contributed by atoms with Crippen molar-refractivity contribution < 1.29 is 27.9 Å². The second-order valence-corrected chi connectivity index (χ2v) is 11.9. The van der Waals surface area contributed by atoms with E-state index in [-0.39, 0.29) is 42.8 Å². The van der Waals surface area contributed by atoms with Crippen molar-refractivity contribution in [1.82, 2.24) is 4.31 Å². The fourth-order valence-electron chi connectivity index (χ4n) is 5.56. The number of carboxylic acid groups (broad SMARTS) is 1. The van der Waals surface area contributed by atoms with E-state index < -0.39 is 28.1 Å². The van der Waals surface area contributed by atoms with Crippen molar-refractivity contribution in [3.63, 3.8) is 0 Å². The van der Waals surface area contributed by atoms with E-state index in [2.05, 4.69) is 4.99 Å². The number of hydrogen-bond acceptors (Lipinski definition) is 6. The third kappa shape index (κ3) is 6.04. The zero-order chi connectivity index (χ0) is 29.9. The molecule has 3 aromatic carbocycles. The van der Waals surface area contributed by atoms with Crippen LogP contribution in [-0.4, -0.2) is 55.0 Å². The van der Waals surface area contributed by atoms with Crippen molar-refractivity contribution in [3.8, 4) is 11.1 Å². The van der Waals surface area contributed by atoms with E-state index in [9.17, 15) is 23.1 Å². The fourth-order valence-corrected chi connectivity index (χ4v) is 7.46. The number of hydrogen-bond donors (Lipinski definition) is 3. The highest BCUT2D eigenvalue weighted by atomic mass is 32.2. The van der Waals surface area contributed by atoms with Crippen LogP contribution in [0.4, 0.5) is 4.79 Å². The molecule has 5 N–H and O–H groups in total. The van der Waals surface area contributed by atoms with Gasteiger partial charge in [-0.1, -0.05) is 66.2 Å². The second kappa shape index (κ2) is 12.0. The second-order valence-electron chi connectivity index (χ2n) is 10.1. The van der Waals surface area contributed by atoms with E-state index in [4.69, 9.17) is 16.2 Å². The minimum Gasteiger partial charge on any atom is -0.480 e. The number of benzene rings is 3. The van der Waals surface area contributed by atoms with E-state index >= 15 is 0 Å². The molecule has 216 valence electrons. The predicted molar refractivity (Wildman–Crippen MR) is 156 cm³/mol. The van der Waals surface area contributed by atoms with Crippen LogP contribution in [0.3, 0.4) is 0 Å². The van der Waals surface area contributed by atoms with Crippen molar-refractivity contribution in [2.75, 3.05) is 13.2 Å². The SMILES string of the molecule is Cc1cc(C)c(S(=O)(=O)N(C(=O)OCC2c3ccccc3-c3ccccc32)[C@H](CCCN=C(N)N)C(=O)O)c(C)c1. The van der Waals surface area contributed by atoms with Crippen molar-refractivity contribution in [2.45, 2.75) is 50.5 Å². The number of sulfonamides is 1. The molecule has 10 nitrogen and oxygen atoms in total. The summed E-state index contributed by atoms with van der Waals surface area (Å²) in [5.41, 5.74) is 16.2. The number of carboxylic acids is 1. The Morgan fingerprint density at radius 2 is 1.51 bits per heavy atom. The summed E-state index contributed by atoms with van der Waals surface area (Å²) in [5, 5.41) is 10.1. The molecule has 41 heavy (non-hydrogen) atoms. The summed E-state index contributed by atoms with van der Waals surface area (Å²) in [6.45, 7) is 4.93. The smallest absolute Gasteiger partial charge is 0.424 e. The summed E-state index contributed by atoms with van der Waals surface area (Å²) in [5.74, 6) is -2.01. The number of rotatable bonds is 10. The number of carbonyl (C=O) groups excluding carboxylic acids is 1. The van der Waals surface area contributed by atoms with Gasteiger partial charge in [0.05, 0.1) is 4.90 Å². The lowest BCUT2D eigenvalue weighted by Gasteiger charge is -2.29. The summed E-state index contributed by atoms with van der Waals surface area (Å²) in [6, 6.07) is 17.0. The first-order valence-electron chi connectivity index (χ1n) is 13.2. The molecule has 1 aliphatic carbocycles. The molecule has 3 aromatic rings. The first-order chi connectivity index (χ1) is 19.4. The molecule has 0 spiro atoms. The van der Waals surface area contributed by atoms with Gasteiger partial charge in [0.15, 0.2) is 5.96 Å². The third-order valence-corrected chi connectivity index (χ3v) is 9.22. The molecule has 4 rings (SSSR count). The van der Waals surface area contributed by atoms with Crippen LogP contribution in [0, 0.1) is 20.8 Å². The Hall–Kier alpha value is -4.38. The number of nitrogens with two attached hydrogens (primary N) is 2. The van der Waals surface area contributed by atoms with E-state index in [0.717, 1.165) is 27.8 Å². The molecule has 0 radical (unpaired) electrons. The van der Waals surface area contributed by atoms with Gasteiger partial charge in [-0.25, -0.2) is 18.0 Å². The normalized spacial score (nSPS) is 13.1. The molecular weight excluding hydrogens is 544 g/mol. The number of nitrogens with zero attached hydrogens (tertiary/aromatic N) is 2. The van der Waals surface area contributed by atoms with Crippen LogP contribution in [0.5, 0.6) is 0 Å². The average molecular weight is 579 g/mol. The number of ether oxygens (including phenoxy) is 1. The van der Waals surface area contributed by atoms with Gasteiger partial charge in [0.2, 0.25) is 0 Å². The lowest BCUT2D eigenvalue weighted by atomic mass is 9.98. The van der Waals surface area contributed by atoms with Gasteiger partial charge in [-0.05, 0) is 67.0 Å². The molecule has 0 aromatic heterocycles. The minimum atomic E-state index is -4.65. The van der Waals surface area contributed by atoms with Crippen LogP contribution in [0.2, 0.25) is 0 Å². The topological polar surface area (TPSA) is 165 Å². The monoisotopic (exact) mass is 578 g/mol. The Morgan fingerprint density at radius 3 is 2.02 bits per heavy atom. The van der Waals surface area contributed by atoms with E-state index in [1.54, 1.807) is 26.0 Å². The maximum absolute atomic E-state index is 14.1. The first-order valence-corrected chi connectivity index (χ1v) is 14.6. The number of guanidine groups is 1. The Kier molecular flexibility index (Phi) is 8.67. The summed E-state index contributed by atoms with van der Waals surface area (Å²) < 4.78 is 34.2. The standard InChI is InChI=1S/C30H34N4O6S/c1-18-15-19(2)27(20(3)16-18)41(38,39)34(26(28(35)36)13-8-14-33-29(31)32)30(37)40-17-25-23-11-6-4-9-21(23)22-10-5-7-12-24(22)25/h4-7,9-12,15-16,25-26H,8,13-14,17H2,1-3H3,(H,35,36)(H4,31,32,33)/t26-/m1/s1. The molecule has 0 saturated heterocycles. The quantitative estimate of drug-likeness (QED) is 0.184. The number of amides is 1. The van der Waals surface area contributed by atoms with Crippen LogP contribution in [-0.2, 0) is 19.6 Å². The van der Waals surface area contributed by atoms with E-state index in [0.29, 0.717) is 15.4 Å². The minimum absolute atomic E-state index is 0.0628. The predicted octanol–water partition coefficient (Wildman–Crippen LogP) is 4.06. The van der Waals surface area contributed by atoms with Crippen molar-refractivity contribution in [1.29, 1.82) is 0 Å². The number of aliphatic imine (C=N–C) groups is 1. The molecular formula is C30H34N4O6S. The van der Waals surface area contributed by atoms with Gasteiger partial charge >= 0.3 is 12.1 Å². The molecule has 1 atom stereocenters. The van der Waals surface area contributed by atoms with E-state index in [1.165, 1.54) is 0 Å². The summed E-state index contributed by atoms with van der Waals surface area (Å²) in [6.07, 6.45) is -1.37. The van der Waals surface area contributed by atoms with Crippen molar-refractivity contribution in [3.05, 3.63) is 88.5 Å². The average Bonchev–Trinajstić information content (AvgIpc) is 3.21. The molecule has 0 bridgehead atoms. The van der Waals surface area contributed by atoms with Gasteiger partial charge in [-0.2, -0.15) is 4.31 Å². The largest absolute Gasteiger partial charge is 0.480 e. The highest BCUT2D eigenvalue weighted by Crippen LogP contribution is 2.44. The molecule has 11 heteroatoms. The van der Waals surface area contributed by atoms with Gasteiger partial charge in [0.1, 0.15) is 12.6 Å². The van der Waals surface area contributed by atoms with Crippen LogP contribution in [0.1, 0.15) is 46.6 Å². The zero-order valence-corrected chi connectivity index (χ0v) is 24.0. The Labute approximate surface area is 239 Å². The maximum atomic E-state index is 14.1. The van der Waals surface area contributed by atoms with E-state index in [1.807, 2.05) is 55.5 Å². The molecule has 0 aliphatic heterocycles. The van der Waals surface area contributed by atoms with Crippen LogP contribution < -0.4 is 11.5 Å². The fraction of sp³-hybridized carbons (Fsp3) is 0.300. The van der Waals surface area contributed by atoms with Gasteiger partial charge in [-0.15, -0.1) is 0 Å². The molecule has 1 amide bonds. The molecule has 0 unspecified atom stereocenters. The summed E-state index contributed by atoms with van der Waals surface area (Å²) >= 11 is 0. The third-order valence-electron chi connectivity index (χ3n) is 7.14. The number of aryl methyl sites for hydroxylation is 3. The maximum Gasteiger partial charge on any atom is 0.424 e. The van der Waals surface area contributed by atoms with Gasteiger partial charge < -0.3 is 21.3 Å². The highest BCUT2D eigenvalue weighted by molar-refractivity contribution is 7.89. The Bertz CT molecular complexity index is 1550. The van der Waals surface area contributed by atoms with Crippen LogP contribution in [0.25, 0.3) is 11.1 Å². The Balaban J connectivity index is 1.71. The van der Waals surface area contributed by atoms with Crippen molar-refractivity contribution in [2.24, 2.45) is 16.5 Å².